The minimum absolute atomic E-state index is 0.199. The summed E-state index contributed by atoms with van der Waals surface area (Å²) in [5, 5.41) is 8.50. The molecule has 0 saturated carbocycles. The van der Waals surface area contributed by atoms with Gasteiger partial charge in [-0.3, -0.25) is 9.59 Å². The second-order valence-electron chi connectivity index (χ2n) is 7.35. The van der Waals surface area contributed by atoms with Crippen molar-refractivity contribution < 1.29 is 9.59 Å². The first-order chi connectivity index (χ1) is 15.9. The number of alkyl halides is 1. The van der Waals surface area contributed by atoms with Crippen LogP contribution >= 0.6 is 57.7 Å². The van der Waals surface area contributed by atoms with E-state index in [2.05, 4.69) is 20.5 Å². The highest BCUT2D eigenvalue weighted by Gasteiger charge is 2.26. The highest BCUT2D eigenvalue weighted by molar-refractivity contribution is 7.13. The molecule has 3 heterocycles. The van der Waals surface area contributed by atoms with Crippen LogP contribution in [0.3, 0.4) is 0 Å². The molecule has 0 unspecified atom stereocenters. The van der Waals surface area contributed by atoms with Gasteiger partial charge in [-0.1, -0.05) is 34.8 Å². The number of rotatable bonds is 6. The Bertz CT molecular complexity index is 1190. The molecular weight excluding hydrogens is 526 g/mol. The van der Waals surface area contributed by atoms with E-state index in [1.54, 1.807) is 23.6 Å². The van der Waals surface area contributed by atoms with Crippen molar-refractivity contribution in [2.75, 3.05) is 28.6 Å². The molecule has 3 aromatic rings. The third-order valence-electron chi connectivity index (χ3n) is 5.13. The molecular formula is C22H18Cl4N4O2S. The van der Waals surface area contributed by atoms with Crippen LogP contribution in [0.5, 0.6) is 0 Å². The van der Waals surface area contributed by atoms with Crippen molar-refractivity contribution >= 4 is 86.7 Å². The van der Waals surface area contributed by atoms with Gasteiger partial charge in [0.15, 0.2) is 0 Å². The molecule has 1 saturated heterocycles. The molecule has 0 atom stereocenters. The van der Waals surface area contributed by atoms with Crippen LogP contribution in [0.25, 0.3) is 0 Å². The number of benzene rings is 1. The van der Waals surface area contributed by atoms with E-state index in [4.69, 9.17) is 46.4 Å². The molecule has 6 nitrogen and oxygen atoms in total. The Morgan fingerprint density at radius 3 is 2.42 bits per heavy atom. The van der Waals surface area contributed by atoms with Crippen LogP contribution in [-0.4, -0.2) is 29.9 Å². The number of amides is 2. The zero-order chi connectivity index (χ0) is 23.5. The van der Waals surface area contributed by atoms with Gasteiger partial charge < -0.3 is 15.5 Å². The number of hydrogen-bond acceptors (Lipinski definition) is 5. The number of nitrogens with one attached hydrogen (secondary N) is 2. The van der Waals surface area contributed by atoms with Crippen LogP contribution in [0.15, 0.2) is 35.8 Å². The summed E-state index contributed by atoms with van der Waals surface area (Å²) in [6.45, 7) is 1.58. The molecule has 1 aliphatic rings. The number of carbonyl (C=O) groups excluding carboxylic acids is 2. The van der Waals surface area contributed by atoms with Gasteiger partial charge in [0.1, 0.15) is 10.7 Å². The van der Waals surface area contributed by atoms with Crippen molar-refractivity contribution in [2.24, 2.45) is 0 Å². The van der Waals surface area contributed by atoms with Crippen LogP contribution in [0.1, 0.15) is 38.4 Å². The van der Waals surface area contributed by atoms with Crippen LogP contribution in [0.4, 0.5) is 17.2 Å². The molecule has 0 aliphatic carbocycles. The van der Waals surface area contributed by atoms with Crippen molar-refractivity contribution in [1.82, 2.24) is 4.98 Å². The summed E-state index contributed by atoms with van der Waals surface area (Å²) in [6, 6.07) is 6.47. The molecule has 2 N–H and O–H groups in total. The largest absolute Gasteiger partial charge is 0.370 e. The summed E-state index contributed by atoms with van der Waals surface area (Å²) >= 11 is 25.7. The van der Waals surface area contributed by atoms with Crippen LogP contribution in [-0.2, 0) is 5.88 Å². The highest BCUT2D eigenvalue weighted by Crippen LogP contribution is 2.37. The number of carbonyl (C=O) groups is 2. The normalized spacial score (nSPS) is 13.3. The fourth-order valence-electron chi connectivity index (χ4n) is 3.54. The Balaban J connectivity index is 1.73. The van der Waals surface area contributed by atoms with Crippen LogP contribution < -0.4 is 15.5 Å². The van der Waals surface area contributed by atoms with Crippen molar-refractivity contribution in [3.05, 3.63) is 66.9 Å². The van der Waals surface area contributed by atoms with Gasteiger partial charge >= 0.3 is 0 Å². The Labute approximate surface area is 214 Å². The lowest BCUT2D eigenvalue weighted by Gasteiger charge is -2.24. The first kappa shape index (κ1) is 24.1. The van der Waals surface area contributed by atoms with Gasteiger partial charge in [0, 0.05) is 30.2 Å². The fraction of sp³-hybridized carbons (Fsp3) is 0.227. The average molecular weight is 544 g/mol. The first-order valence-corrected chi connectivity index (χ1v) is 12.6. The molecule has 11 heteroatoms. The Morgan fingerprint density at radius 2 is 1.79 bits per heavy atom. The zero-order valence-electron chi connectivity index (χ0n) is 17.1. The predicted octanol–water partition coefficient (Wildman–Crippen LogP) is 6.95. The number of hydrogen-bond donors (Lipinski definition) is 2. The second kappa shape index (κ2) is 10.5. The van der Waals surface area contributed by atoms with E-state index in [-0.39, 0.29) is 11.4 Å². The average Bonchev–Trinajstić information content (AvgIpc) is 3.46. The smallest absolute Gasteiger partial charge is 0.267 e. The SMILES string of the molecule is O=C(Nc1ccc(Cl)cn1)c1cc(Cl)cc(N2CCCC2)c1NC(=O)c1scc(CCl)c1Cl. The summed E-state index contributed by atoms with van der Waals surface area (Å²) in [5.41, 5.74) is 1.92. The molecule has 0 bridgehead atoms. The van der Waals surface area contributed by atoms with E-state index >= 15 is 0 Å². The first-order valence-electron chi connectivity index (χ1n) is 10.0. The van der Waals surface area contributed by atoms with Crippen LogP contribution in [0.2, 0.25) is 15.1 Å². The molecule has 172 valence electrons. The minimum atomic E-state index is -0.471. The van der Waals surface area contributed by atoms with Crippen molar-refractivity contribution in [2.45, 2.75) is 18.7 Å². The number of pyridine rings is 1. The van der Waals surface area contributed by atoms with E-state index in [1.807, 2.05) is 0 Å². The van der Waals surface area contributed by atoms with Gasteiger partial charge in [-0.25, -0.2) is 4.98 Å². The number of halogens is 4. The molecule has 2 amide bonds. The monoisotopic (exact) mass is 542 g/mol. The Morgan fingerprint density at radius 1 is 1.03 bits per heavy atom. The number of aromatic nitrogens is 1. The summed E-state index contributed by atoms with van der Waals surface area (Å²) in [7, 11) is 0. The van der Waals surface area contributed by atoms with E-state index in [1.165, 1.54) is 23.6 Å². The molecule has 0 radical (unpaired) electrons. The molecule has 1 fully saturated rings. The van der Waals surface area contributed by atoms with E-state index in [9.17, 15) is 9.59 Å². The van der Waals surface area contributed by atoms with Gasteiger partial charge in [-0.05, 0) is 48.1 Å². The third-order valence-corrected chi connectivity index (χ3v) is 7.43. The van der Waals surface area contributed by atoms with Gasteiger partial charge in [0.05, 0.1) is 27.0 Å². The molecule has 0 spiro atoms. The van der Waals surface area contributed by atoms with E-state index < -0.39 is 11.8 Å². The Kier molecular flexibility index (Phi) is 7.66. The topological polar surface area (TPSA) is 74.3 Å². The molecule has 33 heavy (non-hydrogen) atoms. The second-order valence-corrected chi connectivity index (χ2v) is 9.75. The fourth-order valence-corrected chi connectivity index (χ4v) is 5.49. The van der Waals surface area contributed by atoms with Crippen LogP contribution in [0, 0.1) is 0 Å². The van der Waals surface area contributed by atoms with Gasteiger partial charge in [-0.15, -0.1) is 22.9 Å². The van der Waals surface area contributed by atoms with E-state index in [0.29, 0.717) is 42.7 Å². The quantitative estimate of drug-likeness (QED) is 0.330. The maximum Gasteiger partial charge on any atom is 0.267 e. The minimum Gasteiger partial charge on any atom is -0.370 e. The predicted molar refractivity (Wildman–Crippen MR) is 137 cm³/mol. The maximum absolute atomic E-state index is 13.2. The summed E-state index contributed by atoms with van der Waals surface area (Å²) in [6.07, 6.45) is 3.44. The molecule has 1 aliphatic heterocycles. The lowest BCUT2D eigenvalue weighted by Crippen LogP contribution is -2.24. The van der Waals surface area contributed by atoms with Gasteiger partial charge in [0.2, 0.25) is 0 Å². The summed E-state index contributed by atoms with van der Waals surface area (Å²) in [4.78, 5) is 32.9. The van der Waals surface area contributed by atoms with Gasteiger partial charge in [-0.2, -0.15) is 0 Å². The summed E-state index contributed by atoms with van der Waals surface area (Å²) in [5.74, 6) is -0.383. The lowest BCUT2D eigenvalue weighted by molar-refractivity contribution is 0.102. The molecule has 4 rings (SSSR count). The standard InChI is InChI=1S/C22H18Cl4N4O2S/c23-9-12-11-33-20(18(12)26)22(32)29-19-15(21(31)28-17-4-3-13(24)10-27-17)7-14(25)8-16(19)30-5-1-2-6-30/h3-4,7-8,10-11H,1-2,5-6,9H2,(H,29,32)(H,27,28,31). The Hall–Kier alpha value is -2.03. The number of nitrogens with zero attached hydrogens (tertiary/aromatic N) is 2. The van der Waals surface area contributed by atoms with Gasteiger partial charge in [0.25, 0.3) is 11.8 Å². The van der Waals surface area contributed by atoms with E-state index in [0.717, 1.165) is 25.9 Å². The molecule has 2 aromatic heterocycles. The van der Waals surface area contributed by atoms with Crippen molar-refractivity contribution in [1.29, 1.82) is 0 Å². The van der Waals surface area contributed by atoms with Crippen molar-refractivity contribution in [3.8, 4) is 0 Å². The highest BCUT2D eigenvalue weighted by atomic mass is 35.5. The number of thiophene rings is 1. The molecule has 1 aromatic carbocycles. The summed E-state index contributed by atoms with van der Waals surface area (Å²) < 4.78 is 0. The zero-order valence-corrected chi connectivity index (χ0v) is 21.0. The third kappa shape index (κ3) is 5.39. The number of anilines is 3. The lowest BCUT2D eigenvalue weighted by atomic mass is 10.1. The van der Waals surface area contributed by atoms with Crippen molar-refractivity contribution in [3.63, 3.8) is 0 Å². The maximum atomic E-state index is 13.2.